The van der Waals surface area contributed by atoms with Gasteiger partial charge in [-0.3, -0.25) is 4.55 Å². The minimum atomic E-state index is -4.64. The molecule has 0 spiro atoms. The number of anilines is 2. The van der Waals surface area contributed by atoms with E-state index in [2.05, 4.69) is 5.32 Å². The van der Waals surface area contributed by atoms with E-state index in [1.165, 1.54) is 24.3 Å². The molecule has 128 valence electrons. The summed E-state index contributed by atoms with van der Waals surface area (Å²) in [6.45, 7) is 0. The highest BCUT2D eigenvalue weighted by Crippen LogP contribution is 2.34. The molecule has 2 aromatic rings. The van der Waals surface area contributed by atoms with Crippen molar-refractivity contribution in [1.82, 2.24) is 0 Å². The number of hydrogen-bond donors (Lipinski definition) is 3. The third-order valence-corrected chi connectivity index (χ3v) is 3.72. The summed E-state index contributed by atoms with van der Waals surface area (Å²) in [6.07, 6.45) is -4.64. The van der Waals surface area contributed by atoms with Gasteiger partial charge in [-0.2, -0.15) is 21.6 Å². The van der Waals surface area contributed by atoms with Crippen LogP contribution in [0.3, 0.4) is 0 Å². The van der Waals surface area contributed by atoms with Gasteiger partial charge in [0.2, 0.25) is 0 Å². The van der Waals surface area contributed by atoms with Crippen LogP contribution < -0.4 is 10.6 Å². The normalized spacial score (nSPS) is 11.8. The second kappa shape index (κ2) is 6.49. The highest BCUT2D eigenvalue weighted by molar-refractivity contribution is 7.85. The third kappa shape index (κ3) is 4.46. The van der Waals surface area contributed by atoms with E-state index in [4.69, 9.17) is 4.55 Å². The lowest BCUT2D eigenvalue weighted by Crippen LogP contribution is -2.22. The fourth-order valence-electron chi connectivity index (χ4n) is 1.86. The summed E-state index contributed by atoms with van der Waals surface area (Å²) in [7, 11) is -4.47. The molecule has 2 rings (SSSR count). The smallest absolute Gasteiger partial charge is 0.308 e. The minimum absolute atomic E-state index is 0.0212. The van der Waals surface area contributed by atoms with E-state index in [1.54, 1.807) is 0 Å². The first-order chi connectivity index (χ1) is 11.1. The zero-order valence-corrected chi connectivity index (χ0v) is 12.6. The lowest BCUT2D eigenvalue weighted by atomic mass is 10.1. The van der Waals surface area contributed by atoms with E-state index in [0.29, 0.717) is 0 Å². The van der Waals surface area contributed by atoms with Gasteiger partial charge in [-0.15, -0.1) is 0 Å². The Morgan fingerprint density at radius 2 is 1.67 bits per heavy atom. The summed E-state index contributed by atoms with van der Waals surface area (Å²) in [5.41, 5.74) is -1.49. The Bertz CT molecular complexity index is 866. The maximum atomic E-state index is 12.8. The number of amides is 2. The average molecular weight is 360 g/mol. The molecule has 0 aliphatic rings. The van der Waals surface area contributed by atoms with Crippen molar-refractivity contribution in [3.05, 3.63) is 54.1 Å². The summed E-state index contributed by atoms with van der Waals surface area (Å²) >= 11 is 0. The Labute approximate surface area is 135 Å². The summed E-state index contributed by atoms with van der Waals surface area (Å²) in [5, 5.41) is 4.23. The molecule has 0 atom stereocenters. The van der Waals surface area contributed by atoms with Crippen LogP contribution in [-0.2, 0) is 16.3 Å². The summed E-state index contributed by atoms with van der Waals surface area (Å²) in [5.74, 6) is 0. The maximum absolute atomic E-state index is 12.8. The van der Waals surface area contributed by atoms with Crippen molar-refractivity contribution >= 4 is 27.5 Å². The summed E-state index contributed by atoms with van der Waals surface area (Å²) in [6, 6.07) is 8.02. The molecule has 3 N–H and O–H groups in total. The number of para-hydroxylation sites is 1. The number of carbonyl (C=O) groups is 1. The van der Waals surface area contributed by atoms with Crippen LogP contribution in [0, 0.1) is 0 Å². The van der Waals surface area contributed by atoms with Crippen LogP contribution in [0.4, 0.5) is 29.3 Å². The van der Waals surface area contributed by atoms with Gasteiger partial charge < -0.3 is 10.6 Å². The average Bonchev–Trinajstić information content (AvgIpc) is 2.46. The van der Waals surface area contributed by atoms with E-state index in [9.17, 15) is 26.4 Å². The van der Waals surface area contributed by atoms with E-state index in [-0.39, 0.29) is 5.69 Å². The monoisotopic (exact) mass is 360 g/mol. The lowest BCUT2D eigenvalue weighted by molar-refractivity contribution is -0.136. The van der Waals surface area contributed by atoms with Crippen molar-refractivity contribution in [3.63, 3.8) is 0 Å². The van der Waals surface area contributed by atoms with Crippen LogP contribution in [0.2, 0.25) is 0 Å². The van der Waals surface area contributed by atoms with Gasteiger partial charge >= 0.3 is 12.2 Å². The molecule has 0 unspecified atom stereocenters. The molecular formula is C14H11F3N2O4S. The molecule has 0 saturated carbocycles. The predicted octanol–water partition coefficient (Wildman–Crippen LogP) is 3.60. The number of halogens is 3. The number of urea groups is 1. The fourth-order valence-corrected chi connectivity index (χ4v) is 2.38. The summed E-state index contributed by atoms with van der Waals surface area (Å²) < 4.78 is 69.5. The highest BCUT2D eigenvalue weighted by Gasteiger charge is 2.33. The molecule has 2 amide bonds. The number of alkyl halides is 3. The van der Waals surface area contributed by atoms with Gasteiger partial charge in [0, 0.05) is 5.69 Å². The molecule has 0 radical (unpaired) electrons. The number of carbonyl (C=O) groups excluding carboxylic acids is 1. The SMILES string of the molecule is O=C(Nc1cccc(S(=O)(=O)O)c1)Nc1ccccc1C(F)(F)F. The largest absolute Gasteiger partial charge is 0.418 e. The van der Waals surface area contributed by atoms with Crippen LogP contribution >= 0.6 is 0 Å². The zero-order valence-electron chi connectivity index (χ0n) is 11.8. The molecule has 0 aliphatic heterocycles. The van der Waals surface area contributed by atoms with Gasteiger partial charge in [-0.05, 0) is 30.3 Å². The van der Waals surface area contributed by atoms with Crippen LogP contribution in [0.15, 0.2) is 53.4 Å². The lowest BCUT2D eigenvalue weighted by Gasteiger charge is -2.14. The Balaban J connectivity index is 2.19. The van der Waals surface area contributed by atoms with Gasteiger partial charge in [-0.25, -0.2) is 4.79 Å². The first-order valence-electron chi connectivity index (χ1n) is 6.39. The molecule has 2 aromatic carbocycles. The van der Waals surface area contributed by atoms with E-state index in [0.717, 1.165) is 24.3 Å². The second-order valence-corrected chi connectivity index (χ2v) is 6.05. The molecule has 0 bridgehead atoms. The molecule has 24 heavy (non-hydrogen) atoms. The maximum Gasteiger partial charge on any atom is 0.418 e. The topological polar surface area (TPSA) is 95.5 Å². The van der Waals surface area contributed by atoms with E-state index >= 15 is 0 Å². The highest BCUT2D eigenvalue weighted by atomic mass is 32.2. The number of hydrogen-bond acceptors (Lipinski definition) is 3. The Morgan fingerprint density at radius 1 is 1.00 bits per heavy atom. The van der Waals surface area contributed by atoms with Gasteiger partial charge in [0.15, 0.2) is 0 Å². The first kappa shape index (κ1) is 17.8. The number of benzene rings is 2. The van der Waals surface area contributed by atoms with Crippen molar-refractivity contribution < 1.29 is 30.9 Å². The van der Waals surface area contributed by atoms with Crippen LogP contribution in [-0.4, -0.2) is 19.0 Å². The Hall–Kier alpha value is -2.59. The zero-order chi connectivity index (χ0) is 18.0. The number of rotatable bonds is 3. The Kier molecular flexibility index (Phi) is 4.81. The van der Waals surface area contributed by atoms with Gasteiger partial charge in [0.05, 0.1) is 16.1 Å². The molecule has 0 saturated heterocycles. The second-order valence-electron chi connectivity index (χ2n) is 4.63. The van der Waals surface area contributed by atoms with Gasteiger partial charge in [-0.1, -0.05) is 18.2 Å². The molecule has 10 heteroatoms. The van der Waals surface area contributed by atoms with Crippen molar-refractivity contribution in [2.75, 3.05) is 10.6 Å². The first-order valence-corrected chi connectivity index (χ1v) is 7.83. The van der Waals surface area contributed by atoms with Crippen molar-refractivity contribution in [3.8, 4) is 0 Å². The fraction of sp³-hybridized carbons (Fsp3) is 0.0714. The molecule has 0 fully saturated rings. The Morgan fingerprint density at radius 3 is 2.29 bits per heavy atom. The molecular weight excluding hydrogens is 349 g/mol. The predicted molar refractivity (Wildman–Crippen MR) is 80.3 cm³/mol. The molecule has 0 aromatic heterocycles. The third-order valence-electron chi connectivity index (χ3n) is 2.87. The van der Waals surface area contributed by atoms with Crippen LogP contribution in [0.25, 0.3) is 0 Å². The van der Waals surface area contributed by atoms with Crippen LogP contribution in [0.1, 0.15) is 5.56 Å². The molecule has 0 aliphatic carbocycles. The molecule has 0 heterocycles. The van der Waals surface area contributed by atoms with Crippen molar-refractivity contribution in [2.45, 2.75) is 11.1 Å². The van der Waals surface area contributed by atoms with E-state index in [1.807, 2.05) is 5.32 Å². The standard InChI is InChI=1S/C14H11F3N2O4S/c15-14(16,17)11-6-1-2-7-12(11)19-13(20)18-9-4-3-5-10(8-9)24(21,22)23/h1-8H,(H2,18,19,20)(H,21,22,23). The van der Waals surface area contributed by atoms with Crippen molar-refractivity contribution in [2.24, 2.45) is 0 Å². The van der Waals surface area contributed by atoms with Gasteiger partial charge in [0.25, 0.3) is 10.1 Å². The molecule has 6 nitrogen and oxygen atoms in total. The minimum Gasteiger partial charge on any atom is -0.308 e. The quantitative estimate of drug-likeness (QED) is 0.729. The van der Waals surface area contributed by atoms with Crippen molar-refractivity contribution in [1.29, 1.82) is 0 Å². The van der Waals surface area contributed by atoms with Gasteiger partial charge in [0.1, 0.15) is 0 Å². The summed E-state index contributed by atoms with van der Waals surface area (Å²) in [4.78, 5) is 11.4. The van der Waals surface area contributed by atoms with Crippen LogP contribution in [0.5, 0.6) is 0 Å². The van der Waals surface area contributed by atoms with E-state index < -0.39 is 38.5 Å². The number of nitrogens with one attached hydrogen (secondary N) is 2.